The molecule has 0 saturated carbocycles. The fourth-order valence-electron chi connectivity index (χ4n) is 3.22. The van der Waals surface area contributed by atoms with Gasteiger partial charge in [-0.15, -0.1) is 11.3 Å². The standard InChI is InChI=1S/C20H21N3O3S/c1-4-16-22-12(3)17-11(2)18(27-20(17)23-16)19(24)21-9-13-10-25-14-7-5-6-8-15(14)26-13/h5-8,13H,4,9-10H2,1-3H3,(H,21,24). The fraction of sp³-hybridized carbons (Fsp3) is 0.350. The number of nitrogens with one attached hydrogen (secondary N) is 1. The largest absolute Gasteiger partial charge is 0.486 e. The molecule has 0 bridgehead atoms. The number of hydrogen-bond acceptors (Lipinski definition) is 6. The van der Waals surface area contributed by atoms with Gasteiger partial charge in [-0.3, -0.25) is 4.79 Å². The molecule has 140 valence electrons. The van der Waals surface area contributed by atoms with Gasteiger partial charge in [0.15, 0.2) is 11.5 Å². The molecule has 1 aliphatic heterocycles. The quantitative estimate of drug-likeness (QED) is 0.747. The van der Waals surface area contributed by atoms with Gasteiger partial charge in [-0.2, -0.15) is 0 Å². The second-order valence-electron chi connectivity index (χ2n) is 6.52. The highest BCUT2D eigenvalue weighted by atomic mass is 32.1. The normalized spacial score (nSPS) is 15.7. The zero-order chi connectivity index (χ0) is 19.0. The number of thiophene rings is 1. The Morgan fingerprint density at radius 3 is 2.81 bits per heavy atom. The zero-order valence-electron chi connectivity index (χ0n) is 15.5. The van der Waals surface area contributed by atoms with E-state index < -0.39 is 0 Å². The second kappa shape index (κ2) is 7.15. The Morgan fingerprint density at radius 2 is 2.04 bits per heavy atom. The van der Waals surface area contributed by atoms with Gasteiger partial charge in [0.1, 0.15) is 23.4 Å². The number of ether oxygens (including phenoxy) is 2. The SMILES string of the molecule is CCc1nc(C)c2c(C)c(C(=O)NCC3COc4ccccc4O3)sc2n1. The first-order valence-electron chi connectivity index (χ1n) is 9.00. The Balaban J connectivity index is 1.49. The van der Waals surface area contributed by atoms with Gasteiger partial charge in [0.25, 0.3) is 5.91 Å². The van der Waals surface area contributed by atoms with Gasteiger partial charge >= 0.3 is 0 Å². The van der Waals surface area contributed by atoms with E-state index in [0.29, 0.717) is 23.8 Å². The van der Waals surface area contributed by atoms with Crippen LogP contribution in [0.3, 0.4) is 0 Å². The molecule has 6 nitrogen and oxygen atoms in total. The summed E-state index contributed by atoms with van der Waals surface area (Å²) in [7, 11) is 0. The van der Waals surface area contributed by atoms with E-state index in [9.17, 15) is 4.79 Å². The van der Waals surface area contributed by atoms with Gasteiger partial charge in [0, 0.05) is 17.5 Å². The molecule has 0 saturated heterocycles. The molecule has 0 aliphatic carbocycles. The van der Waals surface area contributed by atoms with Gasteiger partial charge in [-0.05, 0) is 31.5 Å². The Bertz CT molecular complexity index is 1020. The first kappa shape index (κ1) is 17.7. The molecule has 3 aromatic rings. The molecule has 1 amide bonds. The summed E-state index contributed by atoms with van der Waals surface area (Å²) < 4.78 is 11.6. The molecule has 0 spiro atoms. The summed E-state index contributed by atoms with van der Waals surface area (Å²) in [6, 6.07) is 7.55. The third-order valence-corrected chi connectivity index (χ3v) is 5.78. The number of fused-ring (bicyclic) bond motifs is 2. The number of aryl methyl sites for hydroxylation is 3. The van der Waals surface area contributed by atoms with E-state index in [1.54, 1.807) is 0 Å². The van der Waals surface area contributed by atoms with E-state index in [1.807, 2.05) is 45.0 Å². The molecule has 2 aromatic heterocycles. The molecule has 3 heterocycles. The Labute approximate surface area is 161 Å². The second-order valence-corrected chi connectivity index (χ2v) is 7.52. The van der Waals surface area contributed by atoms with E-state index in [2.05, 4.69) is 15.3 Å². The van der Waals surface area contributed by atoms with E-state index >= 15 is 0 Å². The summed E-state index contributed by atoms with van der Waals surface area (Å²) in [5, 5.41) is 3.95. The van der Waals surface area contributed by atoms with Crippen molar-refractivity contribution in [2.75, 3.05) is 13.2 Å². The molecule has 0 radical (unpaired) electrons. The van der Waals surface area contributed by atoms with Crippen LogP contribution in [0.4, 0.5) is 0 Å². The predicted molar refractivity (Wildman–Crippen MR) is 105 cm³/mol. The van der Waals surface area contributed by atoms with E-state index in [4.69, 9.17) is 9.47 Å². The van der Waals surface area contributed by atoms with Crippen molar-refractivity contribution in [1.82, 2.24) is 15.3 Å². The van der Waals surface area contributed by atoms with Gasteiger partial charge < -0.3 is 14.8 Å². The van der Waals surface area contributed by atoms with Crippen LogP contribution in [0.2, 0.25) is 0 Å². The van der Waals surface area contributed by atoms with Crippen LogP contribution < -0.4 is 14.8 Å². The summed E-state index contributed by atoms with van der Waals surface area (Å²) in [5.41, 5.74) is 1.85. The molecule has 1 unspecified atom stereocenters. The molecule has 7 heteroatoms. The number of carbonyl (C=O) groups is 1. The van der Waals surface area contributed by atoms with Crippen molar-refractivity contribution < 1.29 is 14.3 Å². The molecular formula is C20H21N3O3S. The average Bonchev–Trinajstić information content (AvgIpc) is 3.02. The van der Waals surface area contributed by atoms with Crippen LogP contribution in [-0.4, -0.2) is 35.1 Å². The van der Waals surface area contributed by atoms with Crippen molar-refractivity contribution in [3.05, 3.63) is 46.2 Å². The first-order valence-corrected chi connectivity index (χ1v) is 9.81. The minimum Gasteiger partial charge on any atom is -0.486 e. The average molecular weight is 383 g/mol. The Kier molecular flexibility index (Phi) is 4.70. The van der Waals surface area contributed by atoms with Crippen molar-refractivity contribution in [3.63, 3.8) is 0 Å². The molecule has 1 atom stereocenters. The first-order chi connectivity index (χ1) is 13.1. The van der Waals surface area contributed by atoms with Crippen molar-refractivity contribution >= 4 is 27.5 Å². The summed E-state index contributed by atoms with van der Waals surface area (Å²) in [4.78, 5) is 23.4. The lowest BCUT2D eigenvalue weighted by Gasteiger charge is -2.26. The summed E-state index contributed by atoms with van der Waals surface area (Å²) >= 11 is 1.42. The van der Waals surface area contributed by atoms with Crippen LogP contribution in [0.25, 0.3) is 10.2 Å². The summed E-state index contributed by atoms with van der Waals surface area (Å²) in [5.74, 6) is 2.13. The Hall–Kier alpha value is -2.67. The van der Waals surface area contributed by atoms with Crippen LogP contribution in [0.5, 0.6) is 11.5 Å². The van der Waals surface area contributed by atoms with Crippen molar-refractivity contribution in [2.45, 2.75) is 33.3 Å². The number of carbonyl (C=O) groups excluding carboxylic acids is 1. The monoisotopic (exact) mass is 383 g/mol. The van der Waals surface area contributed by atoms with Crippen LogP contribution >= 0.6 is 11.3 Å². The number of para-hydroxylation sites is 2. The highest BCUT2D eigenvalue weighted by molar-refractivity contribution is 7.20. The smallest absolute Gasteiger partial charge is 0.261 e. The fourth-order valence-corrected chi connectivity index (χ4v) is 4.39. The zero-order valence-corrected chi connectivity index (χ0v) is 16.4. The van der Waals surface area contributed by atoms with Gasteiger partial charge in [0.05, 0.1) is 11.4 Å². The molecule has 1 aliphatic rings. The lowest BCUT2D eigenvalue weighted by atomic mass is 10.1. The number of rotatable bonds is 4. The third kappa shape index (κ3) is 3.35. The molecule has 27 heavy (non-hydrogen) atoms. The number of aromatic nitrogens is 2. The summed E-state index contributed by atoms with van der Waals surface area (Å²) in [6.07, 6.45) is 0.558. The number of hydrogen-bond donors (Lipinski definition) is 1. The number of amides is 1. The number of nitrogens with zero attached hydrogens (tertiary/aromatic N) is 2. The molecule has 1 aromatic carbocycles. The van der Waals surface area contributed by atoms with Gasteiger partial charge in [0.2, 0.25) is 0 Å². The topological polar surface area (TPSA) is 73.3 Å². The van der Waals surface area contributed by atoms with E-state index in [0.717, 1.165) is 39.5 Å². The van der Waals surface area contributed by atoms with Crippen LogP contribution in [-0.2, 0) is 6.42 Å². The van der Waals surface area contributed by atoms with E-state index in [-0.39, 0.29) is 12.0 Å². The lowest BCUT2D eigenvalue weighted by molar-refractivity contribution is 0.0791. The maximum Gasteiger partial charge on any atom is 0.261 e. The van der Waals surface area contributed by atoms with Crippen molar-refractivity contribution in [1.29, 1.82) is 0 Å². The van der Waals surface area contributed by atoms with Crippen LogP contribution in [0, 0.1) is 13.8 Å². The molecule has 0 fully saturated rings. The van der Waals surface area contributed by atoms with E-state index in [1.165, 1.54) is 11.3 Å². The maximum atomic E-state index is 12.7. The maximum absolute atomic E-state index is 12.7. The Morgan fingerprint density at radius 1 is 1.26 bits per heavy atom. The lowest BCUT2D eigenvalue weighted by Crippen LogP contribution is -2.40. The van der Waals surface area contributed by atoms with Gasteiger partial charge in [-0.25, -0.2) is 9.97 Å². The van der Waals surface area contributed by atoms with Gasteiger partial charge in [-0.1, -0.05) is 19.1 Å². The highest BCUT2D eigenvalue weighted by Crippen LogP contribution is 2.32. The minimum atomic E-state index is -0.216. The molecule has 4 rings (SSSR count). The minimum absolute atomic E-state index is 0.115. The highest BCUT2D eigenvalue weighted by Gasteiger charge is 2.23. The third-order valence-electron chi connectivity index (χ3n) is 4.60. The van der Waals surface area contributed by atoms with Crippen LogP contribution in [0.1, 0.15) is 33.7 Å². The summed E-state index contributed by atoms with van der Waals surface area (Å²) in [6.45, 7) is 6.74. The van der Waals surface area contributed by atoms with Crippen molar-refractivity contribution in [2.24, 2.45) is 0 Å². The van der Waals surface area contributed by atoms with Crippen LogP contribution in [0.15, 0.2) is 24.3 Å². The molecule has 1 N–H and O–H groups in total. The van der Waals surface area contributed by atoms with Crippen molar-refractivity contribution in [3.8, 4) is 11.5 Å². The predicted octanol–water partition coefficient (Wildman–Crippen LogP) is 3.44. The number of benzene rings is 1. The molecular weight excluding hydrogens is 362 g/mol.